The van der Waals surface area contributed by atoms with Crippen molar-refractivity contribution in [3.8, 4) is 0 Å². The van der Waals surface area contributed by atoms with Gasteiger partial charge in [-0.2, -0.15) is 0 Å². The van der Waals surface area contributed by atoms with Crippen molar-refractivity contribution in [1.29, 1.82) is 0 Å². The Bertz CT molecular complexity index is 49.7. The van der Waals surface area contributed by atoms with Crippen LogP contribution in [0.3, 0.4) is 0 Å². The van der Waals surface area contributed by atoms with Gasteiger partial charge in [-0.1, -0.05) is 19.4 Å². The molecule has 0 saturated carbocycles. The molecule has 0 aromatic heterocycles. The molecule has 0 aliphatic heterocycles. The second-order valence-corrected chi connectivity index (χ2v) is 0.274. The second-order valence-electron chi connectivity index (χ2n) is 0.274. The summed E-state index contributed by atoms with van der Waals surface area (Å²) in [6.07, 6.45) is 0. The topological polar surface area (TPSA) is 112 Å². The van der Waals surface area contributed by atoms with Crippen LogP contribution in [0, 0.1) is 0 Å². The SMILES string of the molecule is O=[C-]O.O=[C-]O.O=[C-]O.[Ga+3]. The van der Waals surface area contributed by atoms with E-state index in [9.17, 15) is 0 Å². The maximum atomic E-state index is 8.24. The summed E-state index contributed by atoms with van der Waals surface area (Å²) in [4.78, 5) is 24.7. The Labute approximate surface area is 69.5 Å². The third-order valence-corrected chi connectivity index (χ3v) is 0. The predicted octanol–water partition coefficient (Wildman–Crippen LogP) is -1.55. The van der Waals surface area contributed by atoms with Gasteiger partial charge in [-0.3, -0.25) is 0 Å². The first-order chi connectivity index (χ1) is 4.24. The quantitative estimate of drug-likeness (QED) is 0.326. The summed E-state index contributed by atoms with van der Waals surface area (Å²) < 4.78 is 0. The molecule has 0 aliphatic carbocycles. The summed E-state index contributed by atoms with van der Waals surface area (Å²) in [5, 5.41) is 20.3. The van der Waals surface area contributed by atoms with Gasteiger partial charge in [0.1, 0.15) is 0 Å². The predicted molar refractivity (Wildman–Crippen MR) is 30.7 cm³/mol. The molecule has 6 nitrogen and oxygen atoms in total. The molecule has 0 unspecified atom stereocenters. The van der Waals surface area contributed by atoms with Crippen molar-refractivity contribution in [2.75, 3.05) is 0 Å². The average molecular weight is 205 g/mol. The van der Waals surface area contributed by atoms with Crippen LogP contribution < -0.4 is 0 Å². The zero-order valence-electron chi connectivity index (χ0n) is 4.64. The minimum absolute atomic E-state index is 0. The van der Waals surface area contributed by atoms with Gasteiger partial charge in [0.25, 0.3) is 0 Å². The summed E-state index contributed by atoms with van der Waals surface area (Å²) in [7, 11) is 0. The van der Waals surface area contributed by atoms with Crippen LogP contribution in [0.5, 0.6) is 0 Å². The van der Waals surface area contributed by atoms with Crippen LogP contribution in [0.4, 0.5) is 0 Å². The van der Waals surface area contributed by atoms with Crippen molar-refractivity contribution in [1.82, 2.24) is 0 Å². The van der Waals surface area contributed by atoms with Crippen molar-refractivity contribution in [3.63, 3.8) is 0 Å². The van der Waals surface area contributed by atoms with E-state index in [0.29, 0.717) is 19.4 Å². The van der Waals surface area contributed by atoms with Crippen LogP contribution in [-0.4, -0.2) is 54.5 Å². The first-order valence-electron chi connectivity index (χ1n) is 1.28. The number of rotatable bonds is 0. The smallest absolute Gasteiger partial charge is 0.665 e. The molecule has 0 fully saturated rings. The van der Waals surface area contributed by atoms with Crippen molar-refractivity contribution < 1.29 is 29.7 Å². The maximum Gasteiger partial charge on any atom is 3.00 e. The van der Waals surface area contributed by atoms with Gasteiger partial charge in [0.15, 0.2) is 0 Å². The minimum Gasteiger partial charge on any atom is -0.665 e. The molecular weight excluding hydrogens is 202 g/mol. The third kappa shape index (κ3) is 283. The van der Waals surface area contributed by atoms with Gasteiger partial charge in [0, 0.05) is 0 Å². The molecule has 0 bridgehead atoms. The standard InChI is InChI=1S/3CHO2.Ga/c3*2-1-3;/h3*(H,2,3);/q3*-1;+3. The molecule has 0 rings (SSSR count). The fraction of sp³-hybridized carbons (Fsp3) is 0. The molecule has 0 aromatic carbocycles. The summed E-state index contributed by atoms with van der Waals surface area (Å²) in [5.41, 5.74) is 0. The first kappa shape index (κ1) is 23.0. The molecule has 0 amide bonds. The molecule has 0 saturated heterocycles. The summed E-state index contributed by atoms with van der Waals surface area (Å²) in [6, 6.07) is 0. The third-order valence-electron chi connectivity index (χ3n) is 0. The van der Waals surface area contributed by atoms with Crippen LogP contribution in [0.15, 0.2) is 0 Å². The molecule has 0 radical (unpaired) electrons. The van der Waals surface area contributed by atoms with E-state index in [4.69, 9.17) is 29.7 Å². The Morgan fingerprint density at radius 1 is 0.700 bits per heavy atom. The van der Waals surface area contributed by atoms with E-state index >= 15 is 0 Å². The van der Waals surface area contributed by atoms with E-state index in [-0.39, 0.29) is 19.8 Å². The molecule has 0 heterocycles. The van der Waals surface area contributed by atoms with Crippen molar-refractivity contribution in [3.05, 3.63) is 0 Å². The largest absolute Gasteiger partial charge is 3.00 e. The fourth-order valence-electron chi connectivity index (χ4n) is 0. The van der Waals surface area contributed by atoms with Gasteiger partial charge >= 0.3 is 19.8 Å². The van der Waals surface area contributed by atoms with E-state index in [2.05, 4.69) is 0 Å². The Hall–Kier alpha value is -0.954. The molecule has 0 spiro atoms. The van der Waals surface area contributed by atoms with Crippen LogP contribution in [0.1, 0.15) is 0 Å². The van der Waals surface area contributed by atoms with Gasteiger partial charge in [-0.15, -0.1) is 0 Å². The maximum absolute atomic E-state index is 8.24. The Balaban J connectivity index is -0.0000000257. The van der Waals surface area contributed by atoms with E-state index in [0.717, 1.165) is 0 Å². The molecule has 54 valence electrons. The van der Waals surface area contributed by atoms with Crippen LogP contribution >= 0.6 is 0 Å². The van der Waals surface area contributed by atoms with Gasteiger partial charge in [-0.25, -0.2) is 0 Å². The fourth-order valence-corrected chi connectivity index (χ4v) is 0. The summed E-state index contributed by atoms with van der Waals surface area (Å²) >= 11 is 0. The number of aliphatic hydroxyl groups excluding tert-OH is 3. The minimum atomic E-state index is 0. The molecule has 0 atom stereocenters. The Morgan fingerprint density at radius 3 is 0.700 bits per heavy atom. The molecule has 7 heteroatoms. The molecule has 0 aliphatic rings. The van der Waals surface area contributed by atoms with Crippen molar-refractivity contribution in [2.45, 2.75) is 0 Å². The molecule has 10 heavy (non-hydrogen) atoms. The van der Waals surface area contributed by atoms with E-state index in [1.54, 1.807) is 0 Å². The summed E-state index contributed by atoms with van der Waals surface area (Å²) in [6.45, 7) is 1.50. The zero-order valence-corrected chi connectivity index (χ0v) is 7.07. The molecule has 3 N–H and O–H groups in total. The van der Waals surface area contributed by atoms with Crippen LogP contribution in [-0.2, 0) is 14.4 Å². The van der Waals surface area contributed by atoms with E-state index in [1.807, 2.05) is 0 Å². The van der Waals surface area contributed by atoms with Gasteiger partial charge in [0.2, 0.25) is 0 Å². The van der Waals surface area contributed by atoms with Crippen LogP contribution in [0.2, 0.25) is 0 Å². The molecular formula is C3H3GaO6. The first-order valence-corrected chi connectivity index (χ1v) is 1.28. The van der Waals surface area contributed by atoms with Crippen LogP contribution in [0.25, 0.3) is 0 Å². The Kier molecular flexibility index (Phi) is 219. The van der Waals surface area contributed by atoms with Crippen molar-refractivity contribution >= 4 is 39.2 Å². The molecule has 0 aromatic rings. The average Bonchev–Trinajstić information content (AvgIpc) is 1.70. The second kappa shape index (κ2) is 95.4. The van der Waals surface area contributed by atoms with Crippen molar-refractivity contribution in [2.24, 2.45) is 0 Å². The number of hydrogen-bond acceptors (Lipinski definition) is 3. The van der Waals surface area contributed by atoms with E-state index in [1.165, 1.54) is 0 Å². The normalized spacial score (nSPS) is 3.60. The number of hydrogen-bond donors (Lipinski definition) is 3. The monoisotopic (exact) mass is 204 g/mol. The van der Waals surface area contributed by atoms with Gasteiger partial charge < -0.3 is 29.7 Å². The van der Waals surface area contributed by atoms with Gasteiger partial charge in [-0.05, 0) is 0 Å². The van der Waals surface area contributed by atoms with E-state index < -0.39 is 0 Å². The van der Waals surface area contributed by atoms with Gasteiger partial charge in [0.05, 0.1) is 0 Å². The summed E-state index contributed by atoms with van der Waals surface area (Å²) in [5.74, 6) is 0. The Morgan fingerprint density at radius 2 is 0.700 bits per heavy atom. The zero-order chi connectivity index (χ0) is 8.12.